The second-order valence-electron chi connectivity index (χ2n) is 6.49. The van der Waals surface area contributed by atoms with Gasteiger partial charge in [-0.05, 0) is 43.9 Å². The summed E-state index contributed by atoms with van der Waals surface area (Å²) >= 11 is 0. The van der Waals surface area contributed by atoms with Gasteiger partial charge in [-0.15, -0.1) is 6.58 Å². The zero-order valence-corrected chi connectivity index (χ0v) is 12.6. The average molecular weight is 274 g/mol. The highest BCUT2D eigenvalue weighted by molar-refractivity contribution is 5.85. The highest BCUT2D eigenvalue weighted by atomic mass is 16.1. The quantitative estimate of drug-likeness (QED) is 0.721. The number of Topliss-reactive ketones (excluding diaryl/α,β-unsaturated/α-hetero) is 2. The van der Waals surface area contributed by atoms with Crippen LogP contribution in [0.1, 0.15) is 58.3 Å². The van der Waals surface area contributed by atoms with Crippen LogP contribution in [0.5, 0.6) is 0 Å². The first-order valence-electron chi connectivity index (χ1n) is 7.95. The van der Waals surface area contributed by atoms with Crippen molar-refractivity contribution >= 4 is 11.6 Å². The van der Waals surface area contributed by atoms with Crippen molar-refractivity contribution in [2.75, 3.05) is 0 Å². The fraction of sp³-hybridized carbons (Fsp3) is 0.667. The number of carbonyl (C=O) groups is 2. The van der Waals surface area contributed by atoms with Crippen molar-refractivity contribution in [3.63, 3.8) is 0 Å². The number of carbonyl (C=O) groups excluding carboxylic acids is 2. The van der Waals surface area contributed by atoms with Gasteiger partial charge in [0.1, 0.15) is 11.6 Å². The normalized spacial score (nSPS) is 31.6. The van der Waals surface area contributed by atoms with E-state index in [-0.39, 0.29) is 5.92 Å². The topological polar surface area (TPSA) is 34.1 Å². The molecule has 2 heteroatoms. The molecule has 0 saturated heterocycles. The second-order valence-corrected chi connectivity index (χ2v) is 6.49. The van der Waals surface area contributed by atoms with Crippen molar-refractivity contribution in [2.24, 2.45) is 17.8 Å². The lowest BCUT2D eigenvalue weighted by Gasteiger charge is -2.28. The van der Waals surface area contributed by atoms with Crippen LogP contribution in [0.15, 0.2) is 24.3 Å². The minimum absolute atomic E-state index is 0.0135. The largest absolute Gasteiger partial charge is 0.300 e. The molecule has 20 heavy (non-hydrogen) atoms. The first-order chi connectivity index (χ1) is 9.60. The molecule has 110 valence electrons. The van der Waals surface area contributed by atoms with Crippen LogP contribution in [0.2, 0.25) is 0 Å². The van der Waals surface area contributed by atoms with Crippen molar-refractivity contribution in [3.05, 3.63) is 24.3 Å². The summed E-state index contributed by atoms with van der Waals surface area (Å²) < 4.78 is 0. The first kappa shape index (κ1) is 15.2. The van der Waals surface area contributed by atoms with Gasteiger partial charge in [-0.1, -0.05) is 24.6 Å². The van der Waals surface area contributed by atoms with Crippen molar-refractivity contribution in [1.82, 2.24) is 0 Å². The molecular formula is C18H26O2. The Bertz CT molecular complexity index is 419. The molecule has 0 aliphatic heterocycles. The summed E-state index contributed by atoms with van der Waals surface area (Å²) in [6, 6.07) is 0. The fourth-order valence-corrected chi connectivity index (χ4v) is 3.56. The van der Waals surface area contributed by atoms with E-state index in [0.717, 1.165) is 32.1 Å². The number of fused-ring (bicyclic) bond motifs is 1. The SMILES string of the molecule is C=CCC[C@H]1CC(=O)CC[C@@H]2C=C(CCC2=O)C[C@@H]1C. The average Bonchev–Trinajstić information content (AvgIpc) is 2.43. The fourth-order valence-electron chi connectivity index (χ4n) is 3.56. The zero-order chi connectivity index (χ0) is 14.5. The molecule has 0 amide bonds. The Morgan fingerprint density at radius 2 is 2.05 bits per heavy atom. The Morgan fingerprint density at radius 1 is 1.25 bits per heavy atom. The summed E-state index contributed by atoms with van der Waals surface area (Å²) in [7, 11) is 0. The lowest BCUT2D eigenvalue weighted by Crippen LogP contribution is -2.24. The van der Waals surface area contributed by atoms with Gasteiger partial charge in [-0.3, -0.25) is 9.59 Å². The number of rotatable bonds is 3. The molecule has 2 aliphatic carbocycles. The van der Waals surface area contributed by atoms with E-state index < -0.39 is 0 Å². The number of ketones is 2. The lowest BCUT2D eigenvalue weighted by atomic mass is 9.76. The number of hydrogen-bond donors (Lipinski definition) is 0. The van der Waals surface area contributed by atoms with Gasteiger partial charge in [0.2, 0.25) is 0 Å². The molecule has 0 radical (unpaired) electrons. The maximum Gasteiger partial charge on any atom is 0.140 e. The van der Waals surface area contributed by atoms with E-state index >= 15 is 0 Å². The third-order valence-electron chi connectivity index (χ3n) is 4.90. The Kier molecular flexibility index (Phi) is 5.33. The predicted molar refractivity (Wildman–Crippen MR) is 81.4 cm³/mol. The van der Waals surface area contributed by atoms with Gasteiger partial charge >= 0.3 is 0 Å². The first-order valence-corrected chi connectivity index (χ1v) is 7.95. The molecule has 0 unspecified atom stereocenters. The van der Waals surface area contributed by atoms with E-state index in [2.05, 4.69) is 19.6 Å². The van der Waals surface area contributed by atoms with Gasteiger partial charge in [0.25, 0.3) is 0 Å². The van der Waals surface area contributed by atoms with E-state index in [1.54, 1.807) is 0 Å². The van der Waals surface area contributed by atoms with Crippen LogP contribution in [-0.4, -0.2) is 11.6 Å². The maximum atomic E-state index is 12.1. The van der Waals surface area contributed by atoms with E-state index in [1.165, 1.54) is 5.57 Å². The summed E-state index contributed by atoms with van der Waals surface area (Å²) in [5, 5.41) is 0. The highest BCUT2D eigenvalue weighted by Crippen LogP contribution is 2.34. The molecule has 0 heterocycles. The monoisotopic (exact) mass is 274 g/mol. The molecule has 0 aromatic carbocycles. The van der Waals surface area contributed by atoms with Crippen molar-refractivity contribution in [1.29, 1.82) is 0 Å². The number of hydrogen-bond acceptors (Lipinski definition) is 2. The van der Waals surface area contributed by atoms with E-state index in [0.29, 0.717) is 42.7 Å². The van der Waals surface area contributed by atoms with Crippen molar-refractivity contribution in [3.8, 4) is 0 Å². The zero-order valence-electron chi connectivity index (χ0n) is 12.6. The summed E-state index contributed by atoms with van der Waals surface area (Å²) in [6.45, 7) is 6.05. The van der Waals surface area contributed by atoms with E-state index in [1.807, 2.05) is 6.08 Å². The molecule has 0 aromatic rings. The Labute approximate surface area is 122 Å². The highest BCUT2D eigenvalue weighted by Gasteiger charge is 2.28. The van der Waals surface area contributed by atoms with Gasteiger partial charge in [0, 0.05) is 25.2 Å². The lowest BCUT2D eigenvalue weighted by molar-refractivity contribution is -0.123. The van der Waals surface area contributed by atoms with Crippen LogP contribution < -0.4 is 0 Å². The van der Waals surface area contributed by atoms with Crippen LogP contribution >= 0.6 is 0 Å². The van der Waals surface area contributed by atoms with Gasteiger partial charge in [-0.2, -0.15) is 0 Å². The van der Waals surface area contributed by atoms with Crippen molar-refractivity contribution in [2.45, 2.75) is 58.3 Å². The van der Waals surface area contributed by atoms with E-state index in [9.17, 15) is 9.59 Å². The predicted octanol–water partition coefficient (Wildman–Crippen LogP) is 4.25. The van der Waals surface area contributed by atoms with Crippen LogP contribution in [0, 0.1) is 17.8 Å². The molecule has 0 N–H and O–H groups in total. The molecule has 0 spiro atoms. The molecule has 0 fully saturated rings. The Balaban J connectivity index is 2.13. The van der Waals surface area contributed by atoms with Crippen molar-refractivity contribution < 1.29 is 9.59 Å². The van der Waals surface area contributed by atoms with Crippen LogP contribution in [0.3, 0.4) is 0 Å². The summed E-state index contributed by atoms with van der Waals surface area (Å²) in [4.78, 5) is 24.0. The smallest absolute Gasteiger partial charge is 0.140 e. The number of allylic oxidation sites excluding steroid dienone is 3. The third-order valence-corrected chi connectivity index (χ3v) is 4.90. The van der Waals surface area contributed by atoms with Gasteiger partial charge < -0.3 is 0 Å². The Hall–Kier alpha value is -1.18. The molecule has 0 aromatic heterocycles. The Morgan fingerprint density at radius 3 is 2.80 bits per heavy atom. The van der Waals surface area contributed by atoms with Crippen LogP contribution in [-0.2, 0) is 9.59 Å². The molecule has 3 atom stereocenters. The third kappa shape index (κ3) is 3.91. The van der Waals surface area contributed by atoms with Gasteiger partial charge in [0.05, 0.1) is 0 Å². The second kappa shape index (κ2) is 7.01. The maximum absolute atomic E-state index is 12.1. The molecule has 2 nitrogen and oxygen atoms in total. The summed E-state index contributed by atoms with van der Waals surface area (Å²) in [6.07, 6.45) is 10.8. The van der Waals surface area contributed by atoms with Crippen LogP contribution in [0.4, 0.5) is 0 Å². The molecule has 0 saturated carbocycles. The standard InChI is InChI=1S/C18H26O2/c1-3-4-5-15-12-17(19)8-7-16-11-14(10-13(15)2)6-9-18(16)20/h3,11,13,15-16H,1,4-10,12H2,2H3/t13-,15-,16+/m0/s1. The van der Waals surface area contributed by atoms with Crippen LogP contribution in [0.25, 0.3) is 0 Å². The summed E-state index contributed by atoms with van der Waals surface area (Å²) in [5.74, 6) is 1.67. The van der Waals surface area contributed by atoms with Gasteiger partial charge in [0.15, 0.2) is 0 Å². The molecule has 2 rings (SSSR count). The van der Waals surface area contributed by atoms with Gasteiger partial charge in [-0.25, -0.2) is 0 Å². The molecule has 2 bridgehead atoms. The minimum Gasteiger partial charge on any atom is -0.300 e. The molecule has 2 aliphatic rings. The minimum atomic E-state index is 0.0135. The summed E-state index contributed by atoms with van der Waals surface area (Å²) in [5.41, 5.74) is 1.44. The van der Waals surface area contributed by atoms with E-state index in [4.69, 9.17) is 0 Å². The molecular weight excluding hydrogens is 248 g/mol.